The predicted molar refractivity (Wildman–Crippen MR) is 56.7 cm³/mol. The second-order valence-corrected chi connectivity index (χ2v) is 3.93. The van der Waals surface area contributed by atoms with Gasteiger partial charge in [-0.25, -0.2) is 9.52 Å². The highest BCUT2D eigenvalue weighted by Gasteiger charge is 2.32. The molecule has 0 aliphatic carbocycles. The lowest BCUT2D eigenvalue weighted by molar-refractivity contribution is -0.595. The average molecular weight is 218 g/mol. The van der Waals surface area contributed by atoms with Crippen LogP contribution >= 0.6 is 0 Å². The minimum Gasteiger partial charge on any atom is -0.710 e. The zero-order chi connectivity index (χ0) is 11.3. The maximum atomic E-state index is 12.0. The third kappa shape index (κ3) is 1.03. The van der Waals surface area contributed by atoms with E-state index in [4.69, 9.17) is 0 Å². The van der Waals surface area contributed by atoms with E-state index in [-0.39, 0.29) is 11.4 Å². The normalized spacial score (nSPS) is 18.9. The van der Waals surface area contributed by atoms with E-state index in [1.807, 2.05) is 0 Å². The van der Waals surface area contributed by atoms with E-state index in [1.54, 1.807) is 24.3 Å². The van der Waals surface area contributed by atoms with Gasteiger partial charge in [-0.1, -0.05) is 12.1 Å². The summed E-state index contributed by atoms with van der Waals surface area (Å²) in [5, 5.41) is 22.0. The van der Waals surface area contributed by atoms with Crippen molar-refractivity contribution in [3.05, 3.63) is 45.7 Å². The molecule has 0 saturated carbocycles. The first-order valence-electron chi connectivity index (χ1n) is 5.13. The van der Waals surface area contributed by atoms with Gasteiger partial charge in [-0.2, -0.15) is 4.57 Å². The highest BCUT2D eigenvalue weighted by Crippen LogP contribution is 2.21. The predicted octanol–water partition coefficient (Wildman–Crippen LogP) is 0.0720. The van der Waals surface area contributed by atoms with E-state index in [9.17, 15) is 15.1 Å². The molecular formula is C11H10N2O3. The first-order chi connectivity index (χ1) is 7.70. The first kappa shape index (κ1) is 9.35. The summed E-state index contributed by atoms with van der Waals surface area (Å²) in [5.74, 6) is 0.156. The van der Waals surface area contributed by atoms with Gasteiger partial charge in [0, 0.05) is 6.42 Å². The molecule has 0 unspecified atom stereocenters. The van der Waals surface area contributed by atoms with Crippen LogP contribution < -0.4 is 10.3 Å². The molecular weight excluding hydrogens is 208 g/mol. The van der Waals surface area contributed by atoms with Crippen LogP contribution in [0.3, 0.4) is 0 Å². The molecule has 1 aliphatic heterocycles. The molecule has 0 radical (unpaired) electrons. The van der Waals surface area contributed by atoms with Crippen molar-refractivity contribution in [1.82, 2.24) is 4.57 Å². The van der Waals surface area contributed by atoms with Crippen molar-refractivity contribution in [3.63, 3.8) is 0 Å². The minimum absolute atomic E-state index is 0.156. The number of benzene rings is 1. The summed E-state index contributed by atoms with van der Waals surface area (Å²) in [6.45, 7) is 0.405. The molecule has 0 bridgehead atoms. The Morgan fingerprint density at radius 2 is 2.19 bits per heavy atom. The summed E-state index contributed by atoms with van der Waals surface area (Å²) in [7, 11) is 0. The molecule has 1 atom stereocenters. The summed E-state index contributed by atoms with van der Waals surface area (Å²) >= 11 is 0. The number of para-hydroxylation sites is 1. The molecule has 1 aromatic carbocycles. The lowest BCUT2D eigenvalue weighted by Crippen LogP contribution is -2.41. The van der Waals surface area contributed by atoms with Crippen LogP contribution in [0.2, 0.25) is 0 Å². The van der Waals surface area contributed by atoms with E-state index < -0.39 is 6.10 Å². The van der Waals surface area contributed by atoms with Crippen molar-refractivity contribution >= 4 is 10.9 Å². The highest BCUT2D eigenvalue weighted by molar-refractivity contribution is 5.74. The third-order valence-electron chi connectivity index (χ3n) is 3.01. The zero-order valence-corrected chi connectivity index (χ0v) is 8.46. The Labute approximate surface area is 90.8 Å². The molecule has 0 amide bonds. The lowest BCUT2D eigenvalue weighted by Gasteiger charge is -2.11. The zero-order valence-electron chi connectivity index (χ0n) is 8.46. The first-order valence-corrected chi connectivity index (χ1v) is 5.13. The van der Waals surface area contributed by atoms with E-state index in [2.05, 4.69) is 0 Å². The van der Waals surface area contributed by atoms with Crippen molar-refractivity contribution in [2.45, 2.75) is 19.1 Å². The van der Waals surface area contributed by atoms with Crippen LogP contribution in [0, 0.1) is 5.21 Å². The minimum atomic E-state index is -0.838. The summed E-state index contributed by atoms with van der Waals surface area (Å²) in [4.78, 5) is 12.0. The molecule has 2 aromatic rings. The van der Waals surface area contributed by atoms with Gasteiger partial charge in [-0.3, -0.25) is 0 Å². The molecule has 1 aromatic heterocycles. The van der Waals surface area contributed by atoms with Crippen molar-refractivity contribution in [2.75, 3.05) is 0 Å². The van der Waals surface area contributed by atoms with Crippen molar-refractivity contribution in [2.24, 2.45) is 0 Å². The number of aliphatic hydroxyl groups excluding tert-OH is 1. The maximum absolute atomic E-state index is 12.0. The monoisotopic (exact) mass is 218 g/mol. The number of rotatable bonds is 0. The molecule has 0 saturated heterocycles. The molecule has 2 heterocycles. The number of nitrogens with zero attached hydrogens (tertiary/aromatic N) is 2. The molecule has 1 N–H and O–H groups in total. The van der Waals surface area contributed by atoms with Crippen LogP contribution in [0.5, 0.6) is 0 Å². The second kappa shape index (κ2) is 3.05. The second-order valence-electron chi connectivity index (χ2n) is 3.93. The van der Waals surface area contributed by atoms with Crippen molar-refractivity contribution in [3.8, 4) is 0 Å². The molecule has 16 heavy (non-hydrogen) atoms. The van der Waals surface area contributed by atoms with Gasteiger partial charge in [0.2, 0.25) is 0 Å². The Hall–Kier alpha value is -1.88. The van der Waals surface area contributed by atoms with Gasteiger partial charge < -0.3 is 10.3 Å². The maximum Gasteiger partial charge on any atom is 0.345 e. The smallest absolute Gasteiger partial charge is 0.345 e. The van der Waals surface area contributed by atoms with Crippen molar-refractivity contribution in [1.29, 1.82) is 0 Å². The van der Waals surface area contributed by atoms with Crippen LogP contribution in [0.1, 0.15) is 18.3 Å². The molecule has 0 fully saturated rings. The topological polar surface area (TPSA) is 69.2 Å². The Bertz CT molecular complexity index is 633. The summed E-state index contributed by atoms with van der Waals surface area (Å²) < 4.78 is 2.02. The van der Waals surface area contributed by atoms with Crippen LogP contribution in [-0.4, -0.2) is 9.67 Å². The van der Waals surface area contributed by atoms with Gasteiger partial charge >= 0.3 is 5.56 Å². The number of fused-ring (bicyclic) bond motifs is 2. The third-order valence-corrected chi connectivity index (χ3v) is 3.01. The van der Waals surface area contributed by atoms with E-state index in [0.29, 0.717) is 28.6 Å². The number of aliphatic hydroxyl groups is 1. The Balaban J connectivity index is 2.54. The van der Waals surface area contributed by atoms with Gasteiger partial charge in [-0.15, -0.1) is 0 Å². The number of hydrogen-bond acceptors (Lipinski definition) is 3. The van der Waals surface area contributed by atoms with Gasteiger partial charge in [0.1, 0.15) is 10.9 Å². The fraction of sp³-hybridized carbons (Fsp3) is 0.273. The molecule has 0 spiro atoms. The summed E-state index contributed by atoms with van der Waals surface area (Å²) in [6, 6.07) is 6.65. The molecule has 1 aliphatic rings. The Morgan fingerprint density at radius 1 is 1.44 bits per heavy atom. The fourth-order valence-electron chi connectivity index (χ4n) is 2.23. The summed E-state index contributed by atoms with van der Waals surface area (Å²) in [5.41, 5.74) is 0.119. The molecule has 3 rings (SSSR count). The number of hydrogen-bond donors (Lipinski definition) is 1. The lowest BCUT2D eigenvalue weighted by atomic mass is 10.2. The molecule has 5 heteroatoms. The van der Waals surface area contributed by atoms with E-state index in [1.165, 1.54) is 4.57 Å². The van der Waals surface area contributed by atoms with Crippen LogP contribution in [0.15, 0.2) is 29.1 Å². The van der Waals surface area contributed by atoms with E-state index in [0.717, 1.165) is 0 Å². The van der Waals surface area contributed by atoms with Crippen LogP contribution in [-0.2, 0) is 6.54 Å². The van der Waals surface area contributed by atoms with Crippen LogP contribution in [0.25, 0.3) is 10.9 Å². The SMILES string of the molecule is O=c1c2ccccc2[n+]([O-])c2n1CC[C@@H]2O. The van der Waals surface area contributed by atoms with Crippen molar-refractivity contribution < 1.29 is 9.84 Å². The Kier molecular flexibility index (Phi) is 1.79. The molecule has 5 nitrogen and oxygen atoms in total. The van der Waals surface area contributed by atoms with E-state index >= 15 is 0 Å². The van der Waals surface area contributed by atoms with Gasteiger partial charge in [0.15, 0.2) is 6.10 Å². The fourth-order valence-corrected chi connectivity index (χ4v) is 2.23. The quantitative estimate of drug-likeness (QED) is 0.502. The van der Waals surface area contributed by atoms with Gasteiger partial charge in [0.05, 0.1) is 6.54 Å². The van der Waals surface area contributed by atoms with Gasteiger partial charge in [-0.05, 0) is 12.1 Å². The Morgan fingerprint density at radius 3 is 3.00 bits per heavy atom. The number of aromatic nitrogens is 2. The summed E-state index contributed by atoms with van der Waals surface area (Å²) in [6.07, 6.45) is -0.414. The van der Waals surface area contributed by atoms with Gasteiger partial charge in [0.25, 0.3) is 5.82 Å². The van der Waals surface area contributed by atoms with Crippen LogP contribution in [0.4, 0.5) is 0 Å². The average Bonchev–Trinajstić information content (AvgIpc) is 2.69. The highest BCUT2D eigenvalue weighted by atomic mass is 16.5. The largest absolute Gasteiger partial charge is 0.710 e. The standard InChI is InChI=1S/C11H10N2O3/c14-9-5-6-12-10(9)13(16)8-4-2-1-3-7(8)11(12)15/h1-4,9,14H,5-6H2/t9-/m0/s1. The molecule has 82 valence electrons.